The van der Waals surface area contributed by atoms with Crippen LogP contribution in [0.25, 0.3) is 0 Å². The molecule has 4 heterocycles. The van der Waals surface area contributed by atoms with E-state index in [9.17, 15) is 0 Å². The molecule has 1 aliphatic carbocycles. The number of hydrogen-bond acceptors (Lipinski definition) is 6. The molecule has 4 saturated heterocycles. The predicted molar refractivity (Wildman–Crippen MR) is 86.6 cm³/mol. The van der Waals surface area contributed by atoms with Gasteiger partial charge in [0, 0.05) is 12.3 Å². The molecule has 134 valence electrons. The Hall–Kier alpha value is -0.230. The predicted octanol–water partition coefficient (Wildman–Crippen LogP) is 3.25. The van der Waals surface area contributed by atoms with Crippen LogP contribution in [-0.2, 0) is 24.0 Å². The van der Waals surface area contributed by atoms with Gasteiger partial charge in [0.25, 0.3) is 0 Å². The van der Waals surface area contributed by atoms with Crippen molar-refractivity contribution in [2.75, 3.05) is 6.61 Å². The van der Waals surface area contributed by atoms with Gasteiger partial charge in [0.15, 0.2) is 18.2 Å². The van der Waals surface area contributed by atoms with Gasteiger partial charge in [-0.2, -0.15) is 5.26 Å². The Morgan fingerprint density at radius 1 is 1.25 bits per heavy atom. The Labute approximate surface area is 150 Å². The summed E-state index contributed by atoms with van der Waals surface area (Å²) in [5.41, 5.74) is -0.640. The number of nitriles is 1. The van der Waals surface area contributed by atoms with Crippen molar-refractivity contribution in [3.8, 4) is 6.07 Å². The van der Waals surface area contributed by atoms with E-state index >= 15 is 0 Å². The lowest BCUT2D eigenvalue weighted by Gasteiger charge is -2.62. The van der Waals surface area contributed by atoms with Crippen LogP contribution in [0, 0.1) is 29.1 Å². The van der Waals surface area contributed by atoms with Crippen LogP contribution in [-0.4, -0.2) is 34.9 Å². The third-order valence-electron chi connectivity index (χ3n) is 6.41. The average Bonchev–Trinajstić information content (AvgIpc) is 2.75. The first-order valence-electron chi connectivity index (χ1n) is 8.71. The van der Waals surface area contributed by atoms with E-state index in [1.807, 2.05) is 13.0 Å². The SMILES string of the molecule is C[C@@H]1CC[C@H]2C(C)(Br)[C@@H](OCC#N)O[C@@H]3O[C@@]4(C)CC[C@@H]1[C@]32OO4. The minimum Gasteiger partial charge on any atom is -0.336 e. The van der Waals surface area contributed by atoms with E-state index in [1.165, 1.54) is 0 Å². The first-order chi connectivity index (χ1) is 11.3. The third-order valence-corrected chi connectivity index (χ3v) is 7.33. The fourth-order valence-electron chi connectivity index (χ4n) is 5.17. The molecule has 1 unspecified atom stereocenters. The van der Waals surface area contributed by atoms with Crippen molar-refractivity contribution in [2.24, 2.45) is 17.8 Å². The van der Waals surface area contributed by atoms with Crippen molar-refractivity contribution in [3.05, 3.63) is 0 Å². The minimum atomic E-state index is -0.794. The van der Waals surface area contributed by atoms with Crippen molar-refractivity contribution in [2.45, 2.75) is 74.7 Å². The van der Waals surface area contributed by atoms with E-state index in [4.69, 9.17) is 29.2 Å². The van der Waals surface area contributed by atoms with Crippen molar-refractivity contribution >= 4 is 15.9 Å². The molecule has 6 nitrogen and oxygen atoms in total. The van der Waals surface area contributed by atoms with Crippen LogP contribution in [0.4, 0.5) is 0 Å². The second kappa shape index (κ2) is 5.63. The number of halogens is 1. The topological polar surface area (TPSA) is 69.9 Å². The highest BCUT2D eigenvalue weighted by Crippen LogP contribution is 2.63. The summed E-state index contributed by atoms with van der Waals surface area (Å²) in [4.78, 5) is 11.8. The first-order valence-corrected chi connectivity index (χ1v) is 9.50. The summed E-state index contributed by atoms with van der Waals surface area (Å²) in [5, 5.41) is 8.88. The van der Waals surface area contributed by atoms with Gasteiger partial charge in [-0.3, -0.25) is 0 Å². The molecule has 5 rings (SSSR count). The molecule has 0 aromatic heterocycles. The van der Waals surface area contributed by atoms with Gasteiger partial charge < -0.3 is 14.2 Å². The van der Waals surface area contributed by atoms with Crippen LogP contribution in [0.15, 0.2) is 0 Å². The molecular formula is C17H24BrNO5. The summed E-state index contributed by atoms with van der Waals surface area (Å²) in [6.45, 7) is 6.21. The summed E-state index contributed by atoms with van der Waals surface area (Å²) < 4.78 is 17.6. The zero-order valence-electron chi connectivity index (χ0n) is 14.3. The largest absolute Gasteiger partial charge is 0.336 e. The molecule has 0 aromatic carbocycles. The summed E-state index contributed by atoms with van der Waals surface area (Å²) >= 11 is 3.84. The molecule has 4 aliphatic heterocycles. The van der Waals surface area contributed by atoms with Crippen LogP contribution >= 0.6 is 15.9 Å². The van der Waals surface area contributed by atoms with Gasteiger partial charge in [-0.15, -0.1) is 0 Å². The molecule has 0 amide bonds. The van der Waals surface area contributed by atoms with Gasteiger partial charge in [-0.1, -0.05) is 22.9 Å². The van der Waals surface area contributed by atoms with E-state index in [1.54, 1.807) is 0 Å². The molecule has 1 saturated carbocycles. The van der Waals surface area contributed by atoms with Crippen LogP contribution in [0.3, 0.4) is 0 Å². The fourth-order valence-corrected chi connectivity index (χ4v) is 5.99. The molecule has 0 radical (unpaired) electrons. The number of hydrogen-bond donors (Lipinski definition) is 0. The number of ether oxygens (including phenoxy) is 3. The number of fused-ring (bicyclic) bond motifs is 2. The Morgan fingerprint density at radius 2 is 2.04 bits per heavy atom. The van der Waals surface area contributed by atoms with E-state index in [-0.39, 0.29) is 12.5 Å². The highest BCUT2D eigenvalue weighted by atomic mass is 79.9. The summed E-state index contributed by atoms with van der Waals surface area (Å²) in [5.74, 6) is 0.132. The normalized spacial score (nSPS) is 56.2. The van der Waals surface area contributed by atoms with E-state index in [2.05, 4.69) is 29.8 Å². The smallest absolute Gasteiger partial charge is 0.201 e. The molecule has 1 spiro atoms. The van der Waals surface area contributed by atoms with Gasteiger partial charge in [-0.05, 0) is 44.9 Å². The molecule has 8 atom stereocenters. The molecule has 7 heteroatoms. The van der Waals surface area contributed by atoms with Gasteiger partial charge in [0.05, 0.1) is 10.4 Å². The maximum Gasteiger partial charge on any atom is 0.201 e. The summed E-state index contributed by atoms with van der Waals surface area (Å²) in [6.07, 6.45) is 2.73. The number of nitrogens with zero attached hydrogens (tertiary/aromatic N) is 1. The Balaban J connectivity index is 1.77. The molecule has 0 aromatic rings. The average molecular weight is 402 g/mol. The fraction of sp³-hybridized carbons (Fsp3) is 0.941. The molecule has 5 aliphatic rings. The highest BCUT2D eigenvalue weighted by Gasteiger charge is 2.72. The van der Waals surface area contributed by atoms with E-state index in [0.29, 0.717) is 11.8 Å². The lowest BCUT2D eigenvalue weighted by Crippen LogP contribution is -2.74. The molecule has 2 bridgehead atoms. The Morgan fingerprint density at radius 3 is 2.79 bits per heavy atom. The lowest BCUT2D eigenvalue weighted by atomic mass is 9.58. The third kappa shape index (κ3) is 2.24. The molecule has 0 N–H and O–H groups in total. The zero-order valence-corrected chi connectivity index (χ0v) is 15.9. The lowest BCUT2D eigenvalue weighted by molar-refractivity contribution is -0.575. The number of alkyl halides is 1. The van der Waals surface area contributed by atoms with Gasteiger partial charge in [0.1, 0.15) is 6.61 Å². The maximum absolute atomic E-state index is 8.88. The van der Waals surface area contributed by atoms with Gasteiger partial charge in [-0.25, -0.2) is 9.78 Å². The Kier molecular flexibility index (Phi) is 4.04. The summed E-state index contributed by atoms with van der Waals surface area (Å²) in [7, 11) is 0. The monoisotopic (exact) mass is 401 g/mol. The van der Waals surface area contributed by atoms with Crippen molar-refractivity contribution in [3.63, 3.8) is 0 Å². The van der Waals surface area contributed by atoms with E-state index in [0.717, 1.165) is 25.7 Å². The quantitative estimate of drug-likeness (QED) is 0.522. The van der Waals surface area contributed by atoms with Crippen LogP contribution in [0.5, 0.6) is 0 Å². The zero-order chi connectivity index (χ0) is 17.2. The van der Waals surface area contributed by atoms with Crippen molar-refractivity contribution in [1.29, 1.82) is 5.26 Å². The molecular weight excluding hydrogens is 378 g/mol. The summed E-state index contributed by atoms with van der Waals surface area (Å²) in [6, 6.07) is 2.02. The second-order valence-electron chi connectivity index (χ2n) is 7.94. The van der Waals surface area contributed by atoms with Crippen LogP contribution in [0.2, 0.25) is 0 Å². The molecule has 5 fully saturated rings. The first kappa shape index (κ1) is 17.2. The maximum atomic E-state index is 8.88. The minimum absolute atomic E-state index is 0.0211. The van der Waals surface area contributed by atoms with Crippen LogP contribution in [0.1, 0.15) is 46.5 Å². The highest BCUT2D eigenvalue weighted by molar-refractivity contribution is 9.10. The molecule has 24 heavy (non-hydrogen) atoms. The number of rotatable bonds is 2. The van der Waals surface area contributed by atoms with E-state index < -0.39 is 28.3 Å². The van der Waals surface area contributed by atoms with Crippen molar-refractivity contribution in [1.82, 2.24) is 0 Å². The second-order valence-corrected chi connectivity index (χ2v) is 9.65. The standard InChI is InChI=1S/C17H24BrNO5/c1-10-4-5-12-16(3,18)13(20-9-8-19)21-14-17(12)11(10)6-7-15(2,22-14)23-24-17/h10-14H,4-7,9H2,1-3H3/t10-,11+,12+,13+,14-,15-,16?,17-/m1/s1. The van der Waals surface area contributed by atoms with Gasteiger partial charge >= 0.3 is 0 Å². The van der Waals surface area contributed by atoms with Crippen LogP contribution < -0.4 is 0 Å². The van der Waals surface area contributed by atoms with Gasteiger partial charge in [0.2, 0.25) is 5.79 Å². The Bertz CT molecular complexity index is 566. The van der Waals surface area contributed by atoms with Crippen molar-refractivity contribution < 1.29 is 24.0 Å².